The largest absolute Gasteiger partial charge is 0.360 e. The molecule has 0 saturated heterocycles. The standard InChI is InChI=1S/C22H19N5O2/c1-15-12-20(27-29-15)25-19-13-18(22(28)23-14-16-8-4-2-5-9-16)24-21(26-19)17-10-6-3-7-11-17/h2-13H,14H2,1H3,(H,23,28)(H,24,25,26,27). The summed E-state index contributed by atoms with van der Waals surface area (Å²) in [5, 5.41) is 9.88. The number of nitrogens with zero attached hydrogens (tertiary/aromatic N) is 3. The number of rotatable bonds is 6. The molecule has 4 aromatic rings. The average molecular weight is 385 g/mol. The van der Waals surface area contributed by atoms with E-state index in [1.54, 1.807) is 19.1 Å². The third-order valence-electron chi connectivity index (χ3n) is 4.17. The number of aryl methyl sites for hydroxylation is 1. The second-order valence-electron chi connectivity index (χ2n) is 6.44. The van der Waals surface area contributed by atoms with Crippen LogP contribution in [0.25, 0.3) is 11.4 Å². The lowest BCUT2D eigenvalue weighted by atomic mass is 10.2. The summed E-state index contributed by atoms with van der Waals surface area (Å²) in [6.45, 7) is 2.21. The van der Waals surface area contributed by atoms with E-state index in [0.717, 1.165) is 11.1 Å². The van der Waals surface area contributed by atoms with Crippen molar-refractivity contribution in [1.82, 2.24) is 20.4 Å². The van der Waals surface area contributed by atoms with Crippen LogP contribution in [0.3, 0.4) is 0 Å². The van der Waals surface area contributed by atoms with E-state index in [1.165, 1.54) is 0 Å². The van der Waals surface area contributed by atoms with Crippen LogP contribution < -0.4 is 10.6 Å². The van der Waals surface area contributed by atoms with Crippen molar-refractivity contribution >= 4 is 17.5 Å². The van der Waals surface area contributed by atoms with Crippen molar-refractivity contribution < 1.29 is 9.32 Å². The van der Waals surface area contributed by atoms with Gasteiger partial charge in [0.2, 0.25) is 0 Å². The number of aromatic nitrogens is 3. The lowest BCUT2D eigenvalue weighted by Gasteiger charge is -2.09. The van der Waals surface area contributed by atoms with Crippen LogP contribution in [-0.2, 0) is 6.54 Å². The molecule has 1 amide bonds. The predicted molar refractivity (Wildman–Crippen MR) is 110 cm³/mol. The summed E-state index contributed by atoms with van der Waals surface area (Å²) in [5.41, 5.74) is 2.08. The highest BCUT2D eigenvalue weighted by Gasteiger charge is 2.14. The van der Waals surface area contributed by atoms with Crippen LogP contribution in [0.1, 0.15) is 21.8 Å². The number of anilines is 2. The fourth-order valence-electron chi connectivity index (χ4n) is 2.77. The molecular formula is C22H19N5O2. The van der Waals surface area contributed by atoms with Crippen LogP contribution in [0, 0.1) is 6.92 Å². The first-order valence-electron chi connectivity index (χ1n) is 9.14. The Balaban J connectivity index is 1.62. The zero-order chi connectivity index (χ0) is 20.1. The van der Waals surface area contributed by atoms with Crippen LogP contribution in [0.5, 0.6) is 0 Å². The number of carbonyl (C=O) groups is 1. The van der Waals surface area contributed by atoms with Gasteiger partial charge in [0.15, 0.2) is 11.6 Å². The fraction of sp³-hybridized carbons (Fsp3) is 0.0909. The molecule has 2 N–H and O–H groups in total. The third kappa shape index (κ3) is 4.65. The summed E-state index contributed by atoms with van der Waals surface area (Å²) in [5.74, 6) is 1.80. The van der Waals surface area contributed by atoms with Gasteiger partial charge in [-0.3, -0.25) is 4.79 Å². The molecule has 0 aliphatic heterocycles. The van der Waals surface area contributed by atoms with Gasteiger partial charge < -0.3 is 15.2 Å². The van der Waals surface area contributed by atoms with Crippen molar-refractivity contribution in [2.75, 3.05) is 5.32 Å². The lowest BCUT2D eigenvalue weighted by molar-refractivity contribution is 0.0946. The monoisotopic (exact) mass is 385 g/mol. The Hall–Kier alpha value is -4.00. The van der Waals surface area contributed by atoms with Gasteiger partial charge in [-0.1, -0.05) is 65.8 Å². The summed E-state index contributed by atoms with van der Waals surface area (Å²) < 4.78 is 5.08. The van der Waals surface area contributed by atoms with E-state index in [1.807, 2.05) is 60.7 Å². The van der Waals surface area contributed by atoms with E-state index in [9.17, 15) is 4.79 Å². The van der Waals surface area contributed by atoms with Crippen LogP contribution in [-0.4, -0.2) is 21.0 Å². The average Bonchev–Trinajstić information content (AvgIpc) is 3.17. The molecule has 0 saturated carbocycles. The Labute approximate surface area is 167 Å². The number of amides is 1. The minimum atomic E-state index is -0.284. The van der Waals surface area contributed by atoms with Crippen LogP contribution in [0.2, 0.25) is 0 Å². The minimum absolute atomic E-state index is 0.262. The van der Waals surface area contributed by atoms with Gasteiger partial charge in [0.05, 0.1) is 0 Å². The highest BCUT2D eigenvalue weighted by molar-refractivity contribution is 5.93. The smallest absolute Gasteiger partial charge is 0.270 e. The van der Waals surface area contributed by atoms with Crippen LogP contribution >= 0.6 is 0 Å². The molecule has 0 bridgehead atoms. The Morgan fingerprint density at radius 3 is 2.34 bits per heavy atom. The molecule has 7 heteroatoms. The third-order valence-corrected chi connectivity index (χ3v) is 4.17. The molecule has 0 aliphatic rings. The molecule has 144 valence electrons. The molecule has 0 aliphatic carbocycles. The summed E-state index contributed by atoms with van der Waals surface area (Å²) in [4.78, 5) is 21.7. The Kier molecular flexibility index (Phi) is 5.29. The van der Waals surface area contributed by atoms with E-state index in [4.69, 9.17) is 4.52 Å². The second kappa shape index (κ2) is 8.35. The zero-order valence-electron chi connectivity index (χ0n) is 15.8. The summed E-state index contributed by atoms with van der Waals surface area (Å²) in [6, 6.07) is 22.5. The van der Waals surface area contributed by atoms with Gasteiger partial charge in [-0.15, -0.1) is 0 Å². The number of hydrogen-bond donors (Lipinski definition) is 2. The first-order chi connectivity index (χ1) is 14.2. The molecule has 0 spiro atoms. The Morgan fingerprint density at radius 2 is 1.66 bits per heavy atom. The van der Waals surface area contributed by atoms with E-state index >= 15 is 0 Å². The van der Waals surface area contributed by atoms with E-state index in [-0.39, 0.29) is 11.6 Å². The van der Waals surface area contributed by atoms with Gasteiger partial charge in [0.1, 0.15) is 17.3 Å². The number of hydrogen-bond acceptors (Lipinski definition) is 6. The topological polar surface area (TPSA) is 92.9 Å². The van der Waals surface area contributed by atoms with Gasteiger partial charge in [-0.25, -0.2) is 9.97 Å². The highest BCUT2D eigenvalue weighted by atomic mass is 16.5. The van der Waals surface area contributed by atoms with Crippen molar-refractivity contribution in [3.05, 3.63) is 89.8 Å². The molecule has 2 heterocycles. The van der Waals surface area contributed by atoms with Crippen molar-refractivity contribution in [2.45, 2.75) is 13.5 Å². The fourth-order valence-corrected chi connectivity index (χ4v) is 2.77. The summed E-state index contributed by atoms with van der Waals surface area (Å²) in [7, 11) is 0. The van der Waals surface area contributed by atoms with Gasteiger partial charge in [-0.2, -0.15) is 0 Å². The SMILES string of the molecule is Cc1cc(Nc2cc(C(=O)NCc3ccccc3)nc(-c3ccccc3)n2)no1. The molecule has 0 atom stereocenters. The van der Waals surface area contributed by atoms with Gasteiger partial charge in [-0.05, 0) is 12.5 Å². The second-order valence-corrected chi connectivity index (χ2v) is 6.44. The number of carbonyl (C=O) groups excluding carboxylic acids is 1. The van der Waals surface area contributed by atoms with E-state index in [0.29, 0.717) is 29.8 Å². The Bertz CT molecular complexity index is 1110. The quantitative estimate of drug-likeness (QED) is 0.519. The minimum Gasteiger partial charge on any atom is -0.360 e. The van der Waals surface area contributed by atoms with Crippen molar-refractivity contribution in [1.29, 1.82) is 0 Å². The van der Waals surface area contributed by atoms with Crippen LogP contribution in [0.4, 0.5) is 11.6 Å². The predicted octanol–water partition coefficient (Wildman–Crippen LogP) is 4.11. The van der Waals surface area contributed by atoms with Gasteiger partial charge in [0, 0.05) is 24.2 Å². The number of nitrogens with one attached hydrogen (secondary N) is 2. The Morgan fingerprint density at radius 1 is 0.931 bits per heavy atom. The van der Waals surface area contributed by atoms with Gasteiger partial charge >= 0.3 is 0 Å². The molecule has 0 fully saturated rings. The molecule has 0 radical (unpaired) electrons. The molecule has 2 aromatic heterocycles. The number of benzene rings is 2. The summed E-state index contributed by atoms with van der Waals surface area (Å²) >= 11 is 0. The maximum absolute atomic E-state index is 12.7. The maximum atomic E-state index is 12.7. The molecule has 4 rings (SSSR count). The zero-order valence-corrected chi connectivity index (χ0v) is 15.8. The van der Waals surface area contributed by atoms with Crippen LogP contribution in [0.15, 0.2) is 77.3 Å². The molecule has 29 heavy (non-hydrogen) atoms. The first-order valence-corrected chi connectivity index (χ1v) is 9.14. The highest BCUT2D eigenvalue weighted by Crippen LogP contribution is 2.20. The molecular weight excluding hydrogens is 366 g/mol. The molecule has 0 unspecified atom stereocenters. The van der Waals surface area contributed by atoms with Gasteiger partial charge in [0.25, 0.3) is 5.91 Å². The van der Waals surface area contributed by atoms with E-state index in [2.05, 4.69) is 25.8 Å². The lowest BCUT2D eigenvalue weighted by Crippen LogP contribution is -2.24. The maximum Gasteiger partial charge on any atom is 0.270 e. The van der Waals surface area contributed by atoms with E-state index < -0.39 is 0 Å². The van der Waals surface area contributed by atoms with Crippen molar-refractivity contribution in [3.8, 4) is 11.4 Å². The molecule has 7 nitrogen and oxygen atoms in total. The summed E-state index contributed by atoms with van der Waals surface area (Å²) in [6.07, 6.45) is 0. The normalized spacial score (nSPS) is 10.5. The van der Waals surface area contributed by atoms with Crippen molar-refractivity contribution in [2.24, 2.45) is 0 Å². The van der Waals surface area contributed by atoms with Crippen molar-refractivity contribution in [3.63, 3.8) is 0 Å². The molecule has 2 aromatic carbocycles. The first kappa shape index (κ1) is 18.4.